The number of piperidine rings is 1. The molecule has 0 spiro atoms. The summed E-state index contributed by atoms with van der Waals surface area (Å²) in [4.78, 5) is 20.6. The Bertz CT molecular complexity index is 1180. The van der Waals surface area contributed by atoms with Gasteiger partial charge in [-0.1, -0.05) is 30.3 Å². The van der Waals surface area contributed by atoms with E-state index in [0.29, 0.717) is 25.9 Å². The number of aliphatic hydroxyl groups excluding tert-OH is 1. The number of aromatic nitrogens is 1. The molecule has 1 fully saturated rings. The Morgan fingerprint density at radius 3 is 2.59 bits per heavy atom. The van der Waals surface area contributed by atoms with E-state index in [4.69, 9.17) is 9.72 Å². The van der Waals surface area contributed by atoms with Gasteiger partial charge in [-0.3, -0.25) is 4.79 Å². The lowest BCUT2D eigenvalue weighted by atomic mass is 9.85. The van der Waals surface area contributed by atoms with E-state index in [1.54, 1.807) is 7.11 Å². The number of nitrogens with zero attached hydrogens (tertiary/aromatic N) is 2. The Morgan fingerprint density at radius 2 is 1.84 bits per heavy atom. The molecule has 1 aliphatic carbocycles. The van der Waals surface area contributed by atoms with Crippen LogP contribution in [0.2, 0.25) is 0 Å². The number of hydrogen-bond acceptors (Lipinski definition) is 4. The number of carbonyl (C=O) groups excluding carboxylic acids is 1. The molecule has 164 valence electrons. The first-order chi connectivity index (χ1) is 15.6. The van der Waals surface area contributed by atoms with E-state index in [9.17, 15) is 9.90 Å². The molecule has 0 atom stereocenters. The number of ether oxygens (including phenoxy) is 1. The molecule has 5 nitrogen and oxygen atoms in total. The number of rotatable bonds is 3. The summed E-state index contributed by atoms with van der Waals surface area (Å²) in [6.07, 6.45) is 5.94. The summed E-state index contributed by atoms with van der Waals surface area (Å²) in [5.41, 5.74) is 5.93. The Balaban J connectivity index is 1.62. The van der Waals surface area contributed by atoms with Crippen molar-refractivity contribution in [2.45, 2.75) is 38.2 Å². The van der Waals surface area contributed by atoms with E-state index in [0.717, 1.165) is 58.3 Å². The van der Waals surface area contributed by atoms with Gasteiger partial charge in [0.05, 0.1) is 30.0 Å². The number of carbonyl (C=O) groups is 1. The maximum Gasteiger partial charge on any atom is 0.254 e. The van der Waals surface area contributed by atoms with Crippen LogP contribution in [-0.4, -0.2) is 47.2 Å². The van der Waals surface area contributed by atoms with Crippen molar-refractivity contribution in [2.75, 3.05) is 20.2 Å². The van der Waals surface area contributed by atoms with Crippen molar-refractivity contribution in [2.24, 2.45) is 0 Å². The zero-order valence-electron chi connectivity index (χ0n) is 18.4. The minimum Gasteiger partial charge on any atom is -0.497 e. The highest BCUT2D eigenvalue weighted by Gasteiger charge is 2.29. The summed E-state index contributed by atoms with van der Waals surface area (Å²) in [5, 5.41) is 10.8. The fraction of sp³-hybridized carbons (Fsp3) is 0.333. The summed E-state index contributed by atoms with van der Waals surface area (Å²) in [6.45, 7) is 1.19. The summed E-state index contributed by atoms with van der Waals surface area (Å²) in [5.74, 6) is 0.900. The number of para-hydroxylation sites is 1. The molecule has 1 amide bonds. The molecule has 5 heteroatoms. The van der Waals surface area contributed by atoms with Crippen LogP contribution >= 0.6 is 0 Å². The quantitative estimate of drug-likeness (QED) is 0.656. The van der Waals surface area contributed by atoms with Gasteiger partial charge in [-0.2, -0.15) is 0 Å². The molecule has 2 aromatic carbocycles. The Kier molecular flexibility index (Phi) is 5.66. The van der Waals surface area contributed by atoms with Crippen LogP contribution in [0.15, 0.2) is 48.5 Å². The highest BCUT2D eigenvalue weighted by molar-refractivity contribution is 6.09. The molecule has 0 bridgehead atoms. The number of pyridine rings is 1. The van der Waals surface area contributed by atoms with Crippen molar-refractivity contribution in [1.82, 2.24) is 9.88 Å². The fourth-order valence-electron chi connectivity index (χ4n) is 4.85. The Labute approximate surface area is 188 Å². The monoisotopic (exact) mass is 428 g/mol. The van der Waals surface area contributed by atoms with E-state index < -0.39 is 0 Å². The zero-order valence-corrected chi connectivity index (χ0v) is 18.4. The number of fused-ring (bicyclic) bond motifs is 2. The van der Waals surface area contributed by atoms with Crippen molar-refractivity contribution < 1.29 is 14.6 Å². The second-order valence-corrected chi connectivity index (χ2v) is 8.65. The Morgan fingerprint density at radius 1 is 1.09 bits per heavy atom. The van der Waals surface area contributed by atoms with Crippen LogP contribution in [-0.2, 0) is 6.42 Å². The lowest BCUT2D eigenvalue weighted by Crippen LogP contribution is -2.40. The van der Waals surface area contributed by atoms with Crippen molar-refractivity contribution in [1.29, 1.82) is 0 Å². The molecular weight excluding hydrogens is 400 g/mol. The summed E-state index contributed by atoms with van der Waals surface area (Å²) in [6, 6.07) is 16.0. The predicted octanol–water partition coefficient (Wildman–Crippen LogP) is 4.72. The first-order valence-corrected chi connectivity index (χ1v) is 11.4. The van der Waals surface area contributed by atoms with Gasteiger partial charge in [0, 0.05) is 18.5 Å². The largest absolute Gasteiger partial charge is 0.497 e. The number of aliphatic hydroxyl groups is 1. The van der Waals surface area contributed by atoms with E-state index in [2.05, 4.69) is 6.08 Å². The molecule has 2 aliphatic rings. The third-order valence-corrected chi connectivity index (χ3v) is 6.59. The molecule has 1 aromatic heterocycles. The van der Waals surface area contributed by atoms with Crippen LogP contribution in [0.4, 0.5) is 0 Å². The maximum absolute atomic E-state index is 13.7. The van der Waals surface area contributed by atoms with Gasteiger partial charge in [0.15, 0.2) is 0 Å². The number of methoxy groups -OCH3 is 1. The molecule has 3 aromatic rings. The number of hydrogen-bond donors (Lipinski definition) is 1. The summed E-state index contributed by atoms with van der Waals surface area (Å²) in [7, 11) is 1.67. The van der Waals surface area contributed by atoms with E-state index in [1.807, 2.05) is 53.4 Å². The van der Waals surface area contributed by atoms with Gasteiger partial charge in [-0.25, -0.2) is 4.98 Å². The first-order valence-electron chi connectivity index (χ1n) is 11.4. The van der Waals surface area contributed by atoms with Gasteiger partial charge >= 0.3 is 0 Å². The van der Waals surface area contributed by atoms with Crippen LogP contribution in [0.1, 0.15) is 52.9 Å². The number of allylic oxidation sites excluding steroid dienone is 1. The van der Waals surface area contributed by atoms with Crippen LogP contribution in [0.25, 0.3) is 22.6 Å². The summed E-state index contributed by atoms with van der Waals surface area (Å²) >= 11 is 0. The van der Waals surface area contributed by atoms with Gasteiger partial charge in [0.25, 0.3) is 5.91 Å². The van der Waals surface area contributed by atoms with E-state index >= 15 is 0 Å². The maximum atomic E-state index is 13.7. The zero-order chi connectivity index (χ0) is 22.1. The van der Waals surface area contributed by atoms with E-state index in [-0.39, 0.29) is 12.0 Å². The predicted molar refractivity (Wildman–Crippen MR) is 127 cm³/mol. The molecule has 1 saturated heterocycles. The molecule has 0 radical (unpaired) electrons. The van der Waals surface area contributed by atoms with E-state index in [1.165, 1.54) is 5.57 Å². The average Bonchev–Trinajstić information content (AvgIpc) is 2.83. The molecule has 1 N–H and O–H groups in total. The molecular formula is C27H28N2O3. The van der Waals surface area contributed by atoms with Crippen molar-refractivity contribution in [3.8, 4) is 5.75 Å². The molecule has 0 unspecified atom stereocenters. The SMILES string of the molecule is COc1ccc(C=C2CCCc3c2nc2ccccc2c3C(=O)N2CCC(O)CC2)cc1. The average molecular weight is 429 g/mol. The third-order valence-electron chi connectivity index (χ3n) is 6.59. The fourth-order valence-corrected chi connectivity index (χ4v) is 4.85. The second-order valence-electron chi connectivity index (χ2n) is 8.65. The molecule has 2 heterocycles. The van der Waals surface area contributed by atoms with Gasteiger partial charge in [-0.15, -0.1) is 0 Å². The standard InChI is InChI=1S/C27H28N2O3/c1-32-21-11-9-18(10-12-21)17-19-5-4-7-23-25(27(31)29-15-13-20(30)14-16-29)22-6-2-3-8-24(22)28-26(19)23/h2-3,6,8-12,17,20,30H,4-5,7,13-16H2,1H3. The minimum absolute atomic E-state index is 0.0671. The smallest absolute Gasteiger partial charge is 0.254 e. The normalized spacial score (nSPS) is 18.1. The Hall–Kier alpha value is -3.18. The topological polar surface area (TPSA) is 62.7 Å². The molecule has 5 rings (SSSR count). The van der Waals surface area contributed by atoms with Gasteiger partial charge in [-0.05, 0) is 73.1 Å². The van der Waals surface area contributed by atoms with Crippen molar-refractivity contribution >= 4 is 28.5 Å². The number of likely N-dealkylation sites (tertiary alicyclic amines) is 1. The minimum atomic E-state index is -0.304. The second kappa shape index (κ2) is 8.75. The van der Waals surface area contributed by atoms with Crippen LogP contribution in [0, 0.1) is 0 Å². The van der Waals surface area contributed by atoms with Crippen LogP contribution < -0.4 is 4.74 Å². The molecule has 1 aliphatic heterocycles. The lowest BCUT2D eigenvalue weighted by Gasteiger charge is -2.31. The summed E-state index contributed by atoms with van der Waals surface area (Å²) < 4.78 is 5.28. The number of benzene rings is 2. The van der Waals surface area contributed by atoms with Crippen LogP contribution in [0.5, 0.6) is 5.75 Å². The first kappa shape index (κ1) is 20.7. The van der Waals surface area contributed by atoms with Gasteiger partial charge < -0.3 is 14.7 Å². The highest BCUT2D eigenvalue weighted by atomic mass is 16.5. The van der Waals surface area contributed by atoms with Crippen molar-refractivity contribution in [3.63, 3.8) is 0 Å². The highest BCUT2D eigenvalue weighted by Crippen LogP contribution is 2.37. The van der Waals surface area contributed by atoms with Gasteiger partial charge in [0.2, 0.25) is 0 Å². The van der Waals surface area contributed by atoms with Gasteiger partial charge in [0.1, 0.15) is 5.75 Å². The van der Waals surface area contributed by atoms with Crippen LogP contribution in [0.3, 0.4) is 0 Å². The molecule has 0 saturated carbocycles. The molecule has 32 heavy (non-hydrogen) atoms. The van der Waals surface area contributed by atoms with Crippen molar-refractivity contribution in [3.05, 3.63) is 70.9 Å². The number of amides is 1. The third kappa shape index (κ3) is 3.89. The lowest BCUT2D eigenvalue weighted by molar-refractivity contribution is 0.0547.